The topological polar surface area (TPSA) is 75.7 Å². The molecule has 1 aromatic heterocycles. The summed E-state index contributed by atoms with van der Waals surface area (Å²) in [6.07, 6.45) is 1.41. The molecule has 0 spiro atoms. The van der Waals surface area contributed by atoms with E-state index in [1.165, 1.54) is 11.3 Å². The van der Waals surface area contributed by atoms with Gasteiger partial charge in [0.15, 0.2) is 5.78 Å². The van der Waals surface area contributed by atoms with Crippen LogP contribution in [0.25, 0.3) is 0 Å². The number of carbonyl (C=O) groups is 3. The highest BCUT2D eigenvalue weighted by Crippen LogP contribution is 2.23. The van der Waals surface area contributed by atoms with E-state index in [-0.39, 0.29) is 36.7 Å². The maximum absolute atomic E-state index is 12.0. The first-order chi connectivity index (χ1) is 11.5. The molecule has 132 valence electrons. The van der Waals surface area contributed by atoms with Crippen molar-refractivity contribution in [2.75, 3.05) is 19.7 Å². The van der Waals surface area contributed by atoms with Crippen LogP contribution in [0.5, 0.6) is 0 Å². The Labute approximate surface area is 150 Å². The third-order valence-electron chi connectivity index (χ3n) is 3.81. The van der Waals surface area contributed by atoms with Crippen LogP contribution >= 0.6 is 22.9 Å². The zero-order chi connectivity index (χ0) is 17.5. The van der Waals surface area contributed by atoms with E-state index in [0.29, 0.717) is 41.8 Å². The predicted molar refractivity (Wildman–Crippen MR) is 92.7 cm³/mol. The highest BCUT2D eigenvalue weighted by Gasteiger charge is 2.24. The summed E-state index contributed by atoms with van der Waals surface area (Å²) in [5.41, 5.74) is 0. The summed E-state index contributed by atoms with van der Waals surface area (Å²) in [6.45, 7) is 3.27. The highest BCUT2D eigenvalue weighted by atomic mass is 35.5. The number of hydrogen-bond donors (Lipinski definition) is 1. The van der Waals surface area contributed by atoms with Gasteiger partial charge >= 0.3 is 6.09 Å². The number of ketones is 1. The first-order valence-corrected chi connectivity index (χ1v) is 9.18. The number of amides is 2. The van der Waals surface area contributed by atoms with Crippen LogP contribution < -0.4 is 5.32 Å². The van der Waals surface area contributed by atoms with Crippen molar-refractivity contribution >= 4 is 40.7 Å². The van der Waals surface area contributed by atoms with Gasteiger partial charge in [-0.15, -0.1) is 11.3 Å². The number of carbonyl (C=O) groups excluding carboxylic acids is 3. The quantitative estimate of drug-likeness (QED) is 0.778. The number of likely N-dealkylation sites (tertiary alicyclic amines) is 1. The maximum Gasteiger partial charge on any atom is 0.409 e. The van der Waals surface area contributed by atoms with E-state index in [0.717, 1.165) is 0 Å². The summed E-state index contributed by atoms with van der Waals surface area (Å²) >= 11 is 7.02. The van der Waals surface area contributed by atoms with Gasteiger partial charge in [0.2, 0.25) is 5.91 Å². The van der Waals surface area contributed by atoms with Gasteiger partial charge < -0.3 is 15.0 Å². The van der Waals surface area contributed by atoms with Crippen molar-refractivity contribution in [1.29, 1.82) is 0 Å². The number of piperidine rings is 1. The monoisotopic (exact) mass is 372 g/mol. The van der Waals surface area contributed by atoms with E-state index in [9.17, 15) is 14.4 Å². The molecule has 0 aromatic carbocycles. The molecule has 2 amide bonds. The van der Waals surface area contributed by atoms with Crippen LogP contribution in [0, 0.1) is 0 Å². The molecule has 1 N–H and O–H groups in total. The second kappa shape index (κ2) is 9.03. The Morgan fingerprint density at radius 2 is 2.00 bits per heavy atom. The van der Waals surface area contributed by atoms with Crippen LogP contribution in [0.3, 0.4) is 0 Å². The molecule has 1 saturated heterocycles. The van der Waals surface area contributed by atoms with Crippen molar-refractivity contribution in [3.8, 4) is 0 Å². The third kappa shape index (κ3) is 5.49. The minimum atomic E-state index is -0.303. The summed E-state index contributed by atoms with van der Waals surface area (Å²) in [6, 6.07) is 3.39. The van der Waals surface area contributed by atoms with Gasteiger partial charge in [-0.1, -0.05) is 11.6 Å². The van der Waals surface area contributed by atoms with Gasteiger partial charge in [0.1, 0.15) is 0 Å². The Kier molecular flexibility index (Phi) is 7.05. The normalized spacial score (nSPS) is 15.2. The van der Waals surface area contributed by atoms with E-state index < -0.39 is 0 Å². The van der Waals surface area contributed by atoms with Gasteiger partial charge in [0.25, 0.3) is 0 Å². The van der Waals surface area contributed by atoms with Crippen LogP contribution in [-0.4, -0.2) is 48.4 Å². The van der Waals surface area contributed by atoms with Crippen LogP contribution in [0.15, 0.2) is 12.1 Å². The predicted octanol–water partition coefficient (Wildman–Crippen LogP) is 3.10. The summed E-state index contributed by atoms with van der Waals surface area (Å²) in [5, 5.41) is 2.93. The fourth-order valence-electron chi connectivity index (χ4n) is 2.54. The lowest BCUT2D eigenvalue weighted by Gasteiger charge is -2.31. The van der Waals surface area contributed by atoms with Crippen molar-refractivity contribution in [3.63, 3.8) is 0 Å². The number of nitrogens with one attached hydrogen (secondary N) is 1. The molecule has 0 radical (unpaired) electrons. The van der Waals surface area contributed by atoms with Gasteiger partial charge in [-0.05, 0) is 31.9 Å². The summed E-state index contributed by atoms with van der Waals surface area (Å²) in [5.74, 6) is -0.209. The highest BCUT2D eigenvalue weighted by molar-refractivity contribution is 7.18. The molecule has 2 heterocycles. The maximum atomic E-state index is 12.0. The molecule has 1 fully saturated rings. The molecule has 0 bridgehead atoms. The molecule has 1 aliphatic rings. The number of Topliss-reactive ketones (excluding diaryl/α,β-unsaturated/α-hetero) is 1. The second-order valence-corrected chi connectivity index (χ2v) is 7.27. The van der Waals surface area contributed by atoms with Gasteiger partial charge in [0, 0.05) is 32.0 Å². The van der Waals surface area contributed by atoms with Crippen molar-refractivity contribution in [1.82, 2.24) is 10.2 Å². The molecule has 24 heavy (non-hydrogen) atoms. The Morgan fingerprint density at radius 1 is 1.29 bits per heavy atom. The van der Waals surface area contributed by atoms with Gasteiger partial charge in [0.05, 0.1) is 15.8 Å². The minimum absolute atomic E-state index is 0.0365. The minimum Gasteiger partial charge on any atom is -0.450 e. The van der Waals surface area contributed by atoms with E-state index in [1.54, 1.807) is 24.0 Å². The molecule has 1 aliphatic heterocycles. The number of hydrogen-bond acceptors (Lipinski definition) is 5. The number of halogens is 1. The molecule has 1 aromatic rings. The molecular weight excluding hydrogens is 352 g/mol. The molecule has 0 atom stereocenters. The Hall–Kier alpha value is -1.60. The lowest BCUT2D eigenvalue weighted by atomic mass is 10.0. The van der Waals surface area contributed by atoms with Crippen molar-refractivity contribution < 1.29 is 19.1 Å². The van der Waals surface area contributed by atoms with Crippen LogP contribution in [0.1, 0.15) is 42.3 Å². The lowest BCUT2D eigenvalue weighted by Crippen LogP contribution is -2.46. The zero-order valence-electron chi connectivity index (χ0n) is 13.5. The zero-order valence-corrected chi connectivity index (χ0v) is 15.1. The Balaban J connectivity index is 1.68. The van der Waals surface area contributed by atoms with E-state index in [1.807, 2.05) is 0 Å². The Morgan fingerprint density at radius 3 is 2.58 bits per heavy atom. The van der Waals surface area contributed by atoms with Crippen LogP contribution in [0.4, 0.5) is 4.79 Å². The fourth-order valence-corrected chi connectivity index (χ4v) is 3.55. The molecule has 8 heteroatoms. The number of thiophene rings is 1. The van der Waals surface area contributed by atoms with Crippen LogP contribution in [-0.2, 0) is 9.53 Å². The van der Waals surface area contributed by atoms with Crippen LogP contribution in [0.2, 0.25) is 4.34 Å². The average molecular weight is 373 g/mol. The third-order valence-corrected chi connectivity index (χ3v) is 5.09. The standard InChI is InChI=1S/C16H21ClN2O4S/c1-2-23-16(22)19-9-7-11(8-10-19)18-15(21)6-3-12(20)13-4-5-14(17)24-13/h4-5,11H,2-3,6-10H2,1H3,(H,18,21). The first-order valence-electron chi connectivity index (χ1n) is 7.99. The smallest absolute Gasteiger partial charge is 0.409 e. The summed E-state index contributed by atoms with van der Waals surface area (Å²) < 4.78 is 5.53. The van der Waals surface area contributed by atoms with Crippen molar-refractivity contribution in [2.45, 2.75) is 38.6 Å². The van der Waals surface area contributed by atoms with Gasteiger partial charge in [-0.25, -0.2) is 4.79 Å². The molecule has 0 aliphatic carbocycles. The van der Waals surface area contributed by atoms with Crippen molar-refractivity contribution in [2.24, 2.45) is 0 Å². The largest absolute Gasteiger partial charge is 0.450 e. The molecule has 2 rings (SSSR count). The molecule has 6 nitrogen and oxygen atoms in total. The van der Waals surface area contributed by atoms with Gasteiger partial charge in [-0.3, -0.25) is 9.59 Å². The lowest BCUT2D eigenvalue weighted by molar-refractivity contribution is -0.122. The molecule has 0 unspecified atom stereocenters. The molecule has 0 saturated carbocycles. The first kappa shape index (κ1) is 18.7. The SMILES string of the molecule is CCOC(=O)N1CCC(NC(=O)CCC(=O)c2ccc(Cl)s2)CC1. The fraction of sp³-hybridized carbons (Fsp3) is 0.562. The molecular formula is C16H21ClN2O4S. The number of nitrogens with zero attached hydrogens (tertiary/aromatic N) is 1. The summed E-state index contributed by atoms with van der Waals surface area (Å²) in [7, 11) is 0. The van der Waals surface area contributed by atoms with E-state index in [4.69, 9.17) is 16.3 Å². The number of ether oxygens (including phenoxy) is 1. The second-order valence-electron chi connectivity index (χ2n) is 5.55. The van der Waals surface area contributed by atoms with E-state index >= 15 is 0 Å². The summed E-state index contributed by atoms with van der Waals surface area (Å²) in [4.78, 5) is 37.8. The number of rotatable bonds is 6. The van der Waals surface area contributed by atoms with Gasteiger partial charge in [-0.2, -0.15) is 0 Å². The van der Waals surface area contributed by atoms with E-state index in [2.05, 4.69) is 5.32 Å². The van der Waals surface area contributed by atoms with Crippen molar-refractivity contribution in [3.05, 3.63) is 21.3 Å². The average Bonchev–Trinajstić information content (AvgIpc) is 3.00. The Bertz CT molecular complexity index is 597.